The van der Waals surface area contributed by atoms with Crippen LogP contribution in [-0.4, -0.2) is 10.9 Å². The minimum absolute atomic E-state index is 0.130. The van der Waals surface area contributed by atoms with Crippen molar-refractivity contribution >= 4 is 44.7 Å². The van der Waals surface area contributed by atoms with Gasteiger partial charge in [-0.15, -0.1) is 0 Å². The minimum Gasteiger partial charge on any atom is -0.328 e. The quantitative estimate of drug-likeness (QED) is 0.495. The van der Waals surface area contributed by atoms with E-state index in [0.29, 0.717) is 16.1 Å². The van der Waals surface area contributed by atoms with Crippen molar-refractivity contribution in [2.45, 2.75) is 6.92 Å². The molecule has 2 N–H and O–H groups in total. The van der Waals surface area contributed by atoms with Gasteiger partial charge >= 0.3 is 0 Å². The van der Waals surface area contributed by atoms with Crippen LogP contribution < -0.4 is 10.9 Å². The predicted molar refractivity (Wildman–Crippen MR) is 107 cm³/mol. The fourth-order valence-corrected chi connectivity index (χ4v) is 3.43. The van der Waals surface area contributed by atoms with Crippen molar-refractivity contribution in [3.8, 4) is 11.1 Å². The molecule has 128 valence electrons. The third kappa shape index (κ3) is 2.85. The lowest BCUT2D eigenvalue weighted by Gasteiger charge is -2.11. The van der Waals surface area contributed by atoms with E-state index in [9.17, 15) is 9.59 Å². The van der Waals surface area contributed by atoms with Gasteiger partial charge in [-0.25, -0.2) is 0 Å². The number of rotatable bonds is 2. The Morgan fingerprint density at radius 1 is 1.04 bits per heavy atom. The Bertz CT molecular complexity index is 1230. The van der Waals surface area contributed by atoms with Gasteiger partial charge in [0.25, 0.3) is 5.56 Å². The Morgan fingerprint density at radius 2 is 1.85 bits per heavy atom. The number of nitrogens with one attached hydrogen (secondary N) is 2. The summed E-state index contributed by atoms with van der Waals surface area (Å²) in [5.41, 5.74) is 2.33. The summed E-state index contributed by atoms with van der Waals surface area (Å²) in [5.74, 6) is -0.130. The van der Waals surface area contributed by atoms with Crippen LogP contribution in [0.5, 0.6) is 0 Å². The van der Waals surface area contributed by atoms with Gasteiger partial charge in [-0.3, -0.25) is 9.59 Å². The summed E-state index contributed by atoms with van der Waals surface area (Å²) >= 11 is 6.14. The average molecular weight is 363 g/mol. The number of hydrogen-bond acceptors (Lipinski definition) is 2. The molecule has 0 spiro atoms. The van der Waals surface area contributed by atoms with Crippen LogP contribution in [0, 0.1) is 0 Å². The van der Waals surface area contributed by atoms with Gasteiger partial charge < -0.3 is 10.3 Å². The summed E-state index contributed by atoms with van der Waals surface area (Å²) in [4.78, 5) is 26.7. The van der Waals surface area contributed by atoms with Crippen LogP contribution in [0.2, 0.25) is 5.02 Å². The number of carbonyl (C=O) groups excluding carboxylic acids is 1. The molecule has 5 heteroatoms. The van der Waals surface area contributed by atoms with E-state index in [4.69, 9.17) is 11.6 Å². The average Bonchev–Trinajstić information content (AvgIpc) is 2.61. The molecule has 0 aliphatic carbocycles. The molecule has 0 atom stereocenters. The van der Waals surface area contributed by atoms with E-state index in [-0.39, 0.29) is 11.5 Å². The number of pyridine rings is 1. The number of aromatic amines is 1. The molecule has 4 rings (SSSR count). The Kier molecular flexibility index (Phi) is 3.98. The summed E-state index contributed by atoms with van der Waals surface area (Å²) in [6.45, 7) is 1.47. The normalized spacial score (nSPS) is 11.0. The first kappa shape index (κ1) is 16.4. The first-order chi connectivity index (χ1) is 12.5. The number of aromatic nitrogens is 1. The highest BCUT2D eigenvalue weighted by atomic mass is 35.5. The first-order valence-electron chi connectivity index (χ1n) is 8.14. The smallest absolute Gasteiger partial charge is 0.256 e. The van der Waals surface area contributed by atoms with Gasteiger partial charge in [0.15, 0.2) is 0 Å². The van der Waals surface area contributed by atoms with E-state index in [1.54, 1.807) is 6.20 Å². The molecule has 0 aliphatic heterocycles. The van der Waals surface area contributed by atoms with Gasteiger partial charge in [0.2, 0.25) is 5.91 Å². The van der Waals surface area contributed by atoms with Crippen molar-refractivity contribution in [1.29, 1.82) is 0 Å². The van der Waals surface area contributed by atoms with Crippen molar-refractivity contribution in [2.24, 2.45) is 0 Å². The highest BCUT2D eigenvalue weighted by Crippen LogP contribution is 2.32. The van der Waals surface area contributed by atoms with Gasteiger partial charge in [0.1, 0.15) is 0 Å². The summed E-state index contributed by atoms with van der Waals surface area (Å²) < 4.78 is 0. The maximum atomic E-state index is 12.5. The van der Waals surface area contributed by atoms with Crippen LogP contribution in [0.15, 0.2) is 65.6 Å². The van der Waals surface area contributed by atoms with E-state index in [0.717, 1.165) is 27.3 Å². The Morgan fingerprint density at radius 3 is 2.65 bits per heavy atom. The highest BCUT2D eigenvalue weighted by molar-refractivity contribution is 6.32. The van der Waals surface area contributed by atoms with Gasteiger partial charge in [-0.05, 0) is 46.0 Å². The van der Waals surface area contributed by atoms with E-state index < -0.39 is 0 Å². The second kappa shape index (κ2) is 6.32. The first-order valence-corrected chi connectivity index (χ1v) is 8.52. The van der Waals surface area contributed by atoms with Gasteiger partial charge in [0, 0.05) is 29.4 Å². The maximum absolute atomic E-state index is 12.5. The molecule has 0 saturated carbocycles. The maximum Gasteiger partial charge on any atom is 0.256 e. The molecule has 0 aliphatic rings. The zero-order valence-electron chi connectivity index (χ0n) is 14.0. The summed E-state index contributed by atoms with van der Waals surface area (Å²) in [5, 5.41) is 6.58. The SMILES string of the molecule is CC(=O)Nc1cccc(-c2c[nH]c(=O)c3c2ccc2ccc(Cl)cc23)c1. The van der Waals surface area contributed by atoms with Crippen molar-refractivity contribution < 1.29 is 4.79 Å². The fraction of sp³-hybridized carbons (Fsp3) is 0.0476. The molecule has 1 aromatic heterocycles. The third-order valence-electron chi connectivity index (χ3n) is 4.34. The number of anilines is 1. The van der Waals surface area contributed by atoms with E-state index in [2.05, 4.69) is 10.3 Å². The predicted octanol–water partition coefficient (Wildman–Crippen LogP) is 4.96. The van der Waals surface area contributed by atoms with Crippen molar-refractivity contribution in [3.63, 3.8) is 0 Å². The molecule has 1 heterocycles. The molecular weight excluding hydrogens is 348 g/mol. The Labute approximate surface area is 154 Å². The Balaban J connectivity index is 2.02. The molecule has 0 radical (unpaired) electrons. The summed E-state index contributed by atoms with van der Waals surface area (Å²) in [7, 11) is 0. The molecule has 26 heavy (non-hydrogen) atoms. The fourth-order valence-electron chi connectivity index (χ4n) is 3.26. The number of benzene rings is 3. The molecule has 0 fully saturated rings. The van der Waals surface area contributed by atoms with Crippen LogP contribution >= 0.6 is 11.6 Å². The van der Waals surface area contributed by atoms with Gasteiger partial charge in [0.05, 0.1) is 5.39 Å². The molecule has 4 nitrogen and oxygen atoms in total. The minimum atomic E-state index is -0.158. The van der Waals surface area contributed by atoms with Crippen molar-refractivity contribution in [2.75, 3.05) is 5.32 Å². The second-order valence-corrected chi connectivity index (χ2v) is 6.58. The molecule has 3 aromatic carbocycles. The molecule has 0 saturated heterocycles. The molecule has 0 bridgehead atoms. The standard InChI is InChI=1S/C21H15ClN2O2/c1-12(25)24-16-4-2-3-14(9-16)19-11-23-21(26)20-17(19)8-6-13-5-7-15(22)10-18(13)20/h2-11H,1H3,(H,23,26)(H,24,25). The van der Waals surface area contributed by atoms with E-state index >= 15 is 0 Å². The van der Waals surface area contributed by atoms with E-state index in [1.165, 1.54) is 6.92 Å². The number of halogens is 1. The lowest BCUT2D eigenvalue weighted by Crippen LogP contribution is -2.07. The van der Waals surface area contributed by atoms with Crippen LogP contribution in [0.1, 0.15) is 6.92 Å². The summed E-state index contributed by atoms with van der Waals surface area (Å²) in [6, 6.07) is 17.0. The molecular formula is C21H15ClN2O2. The zero-order valence-corrected chi connectivity index (χ0v) is 14.7. The summed E-state index contributed by atoms with van der Waals surface area (Å²) in [6.07, 6.45) is 1.70. The lowest BCUT2D eigenvalue weighted by atomic mass is 9.96. The monoisotopic (exact) mass is 362 g/mol. The van der Waals surface area contributed by atoms with E-state index in [1.807, 2.05) is 54.6 Å². The molecule has 0 unspecified atom stereocenters. The van der Waals surface area contributed by atoms with Crippen molar-refractivity contribution in [3.05, 3.63) is 76.2 Å². The number of H-pyrrole nitrogens is 1. The number of fused-ring (bicyclic) bond motifs is 3. The molecule has 4 aromatic rings. The zero-order chi connectivity index (χ0) is 18.3. The Hall–Kier alpha value is -3.11. The van der Waals surface area contributed by atoms with Crippen LogP contribution in [0.25, 0.3) is 32.7 Å². The third-order valence-corrected chi connectivity index (χ3v) is 4.58. The second-order valence-electron chi connectivity index (χ2n) is 6.15. The topological polar surface area (TPSA) is 62.0 Å². The molecule has 1 amide bonds. The van der Waals surface area contributed by atoms with Gasteiger partial charge in [-0.2, -0.15) is 0 Å². The van der Waals surface area contributed by atoms with Crippen molar-refractivity contribution in [1.82, 2.24) is 4.98 Å². The van der Waals surface area contributed by atoms with Crippen LogP contribution in [0.3, 0.4) is 0 Å². The van der Waals surface area contributed by atoms with Crippen LogP contribution in [0.4, 0.5) is 5.69 Å². The van der Waals surface area contributed by atoms with Gasteiger partial charge in [-0.1, -0.05) is 41.9 Å². The number of carbonyl (C=O) groups is 1. The lowest BCUT2D eigenvalue weighted by molar-refractivity contribution is -0.114. The van der Waals surface area contributed by atoms with Crippen LogP contribution in [-0.2, 0) is 4.79 Å². The number of amides is 1. The highest BCUT2D eigenvalue weighted by Gasteiger charge is 2.11. The number of hydrogen-bond donors (Lipinski definition) is 2. The largest absolute Gasteiger partial charge is 0.328 e.